The molecule has 0 bridgehead atoms. The Bertz CT molecular complexity index is 2840. The smallest absolute Gasteiger partial charge is 0.0562 e. The van der Waals surface area contributed by atoms with E-state index in [4.69, 9.17) is 0 Å². The highest BCUT2D eigenvalue weighted by molar-refractivity contribution is 5.88. The van der Waals surface area contributed by atoms with Gasteiger partial charge in [-0.3, -0.25) is 0 Å². The van der Waals surface area contributed by atoms with Crippen LogP contribution in [-0.4, -0.2) is 6.04 Å². The summed E-state index contributed by atoms with van der Waals surface area (Å²) in [5.41, 5.74) is 17.7. The van der Waals surface area contributed by atoms with Crippen molar-refractivity contribution in [3.05, 3.63) is 240 Å². The van der Waals surface area contributed by atoms with Gasteiger partial charge in [-0.2, -0.15) is 0 Å². The van der Waals surface area contributed by atoms with Crippen LogP contribution in [0.3, 0.4) is 0 Å². The zero-order valence-electron chi connectivity index (χ0n) is 35.9. The van der Waals surface area contributed by atoms with Crippen molar-refractivity contribution in [3.63, 3.8) is 0 Å². The molecule has 6 aromatic rings. The molecule has 63 heavy (non-hydrogen) atoms. The highest BCUT2D eigenvalue weighted by Gasteiger charge is 2.65. The molecule has 6 aliphatic rings. The number of benzene rings is 6. The van der Waals surface area contributed by atoms with Crippen molar-refractivity contribution in [3.8, 4) is 11.1 Å². The number of para-hydroxylation sites is 2. The fourth-order valence-corrected chi connectivity index (χ4v) is 13.1. The second-order valence-electron chi connectivity index (χ2n) is 18.5. The molecule has 0 aliphatic heterocycles. The third-order valence-corrected chi connectivity index (χ3v) is 15.4. The van der Waals surface area contributed by atoms with Crippen molar-refractivity contribution >= 4 is 33.9 Å². The van der Waals surface area contributed by atoms with Crippen molar-refractivity contribution in [2.24, 2.45) is 23.7 Å². The molecule has 0 radical (unpaired) electrons. The Morgan fingerprint density at radius 1 is 0.556 bits per heavy atom. The van der Waals surface area contributed by atoms with Crippen LogP contribution in [0, 0.1) is 23.7 Å². The van der Waals surface area contributed by atoms with E-state index in [0.717, 1.165) is 19.3 Å². The second kappa shape index (κ2) is 15.9. The van der Waals surface area contributed by atoms with Gasteiger partial charge in [0.25, 0.3) is 0 Å². The fraction of sp³-hybridized carbons (Fsp3) is 0.213. The minimum absolute atomic E-state index is 0.114. The minimum Gasteiger partial charge on any atom is -0.338 e. The summed E-state index contributed by atoms with van der Waals surface area (Å²) in [4.78, 5) is 5.26. The Balaban J connectivity index is 1.01. The number of nitrogens with zero attached hydrogens (tertiary/aromatic N) is 2. The van der Waals surface area contributed by atoms with Gasteiger partial charge >= 0.3 is 0 Å². The van der Waals surface area contributed by atoms with Gasteiger partial charge in [-0.05, 0) is 149 Å². The summed E-state index contributed by atoms with van der Waals surface area (Å²) in [5, 5.41) is 0. The summed E-state index contributed by atoms with van der Waals surface area (Å²) in [6, 6.07) is 61.1. The number of hydrogen-bond donors (Lipinski definition) is 0. The predicted molar refractivity (Wildman–Crippen MR) is 264 cm³/mol. The molecular formula is C61H54N2. The summed E-state index contributed by atoms with van der Waals surface area (Å²) < 4.78 is 0. The molecular weight excluding hydrogens is 761 g/mol. The van der Waals surface area contributed by atoms with Crippen LogP contribution in [0.2, 0.25) is 0 Å². The summed E-state index contributed by atoms with van der Waals surface area (Å²) in [6.45, 7) is 0. The maximum absolute atomic E-state index is 2.76. The predicted octanol–water partition coefficient (Wildman–Crippen LogP) is 15.6. The Kier molecular flexibility index (Phi) is 9.62. The first-order valence-corrected chi connectivity index (χ1v) is 23.5. The number of fused-ring (bicyclic) bond motifs is 9. The monoisotopic (exact) mass is 814 g/mol. The van der Waals surface area contributed by atoms with E-state index in [-0.39, 0.29) is 11.5 Å². The molecule has 6 unspecified atom stereocenters. The zero-order chi connectivity index (χ0) is 41.7. The topological polar surface area (TPSA) is 6.48 Å². The standard InChI is InChI=1S/C61H54N2/c1-5-20-43(21-6-1)45-24-17-30-49(40-45)62(47-26-9-3-10-27-47)51-38-39-53-52-32-13-15-34-55(52)61(58(53)42-51)56-35-16-14-33-54(56)60-57(61)36-19-37-59(60)63(48-28-11-4-12-29-48)50-31-18-25-46(41-50)44-22-7-2-8-23-44/h1-12,15,17-31,34,36-40,42,50,54,56-57,60H,13-14,16,32-33,35,41H2. The third kappa shape index (κ3) is 6.29. The van der Waals surface area contributed by atoms with E-state index in [1.807, 2.05) is 0 Å². The third-order valence-electron chi connectivity index (χ3n) is 15.4. The van der Waals surface area contributed by atoms with Gasteiger partial charge in [-0.1, -0.05) is 171 Å². The lowest BCUT2D eigenvalue weighted by Gasteiger charge is -2.44. The van der Waals surface area contributed by atoms with E-state index in [9.17, 15) is 0 Å². The van der Waals surface area contributed by atoms with E-state index < -0.39 is 0 Å². The van der Waals surface area contributed by atoms with Crippen LogP contribution in [0.25, 0.3) is 22.3 Å². The van der Waals surface area contributed by atoms with Gasteiger partial charge in [-0.15, -0.1) is 0 Å². The summed E-state index contributed by atoms with van der Waals surface area (Å²) in [5.74, 6) is 1.85. The number of allylic oxidation sites excluding steroid dienone is 10. The number of rotatable bonds is 8. The molecule has 2 saturated carbocycles. The molecule has 308 valence electrons. The highest BCUT2D eigenvalue weighted by Crippen LogP contribution is 2.71. The molecule has 2 nitrogen and oxygen atoms in total. The molecule has 6 atom stereocenters. The largest absolute Gasteiger partial charge is 0.338 e. The van der Waals surface area contributed by atoms with Crippen molar-refractivity contribution in [1.29, 1.82) is 0 Å². The van der Waals surface area contributed by atoms with Crippen LogP contribution in [0.5, 0.6) is 0 Å². The van der Waals surface area contributed by atoms with Crippen LogP contribution < -0.4 is 9.80 Å². The molecule has 1 spiro atoms. The lowest BCUT2D eigenvalue weighted by atomic mass is 9.60. The average Bonchev–Trinajstić information content (AvgIpc) is 3.83. The molecule has 0 N–H and O–H groups in total. The van der Waals surface area contributed by atoms with Crippen LogP contribution >= 0.6 is 0 Å². The molecule has 0 saturated heterocycles. The van der Waals surface area contributed by atoms with Gasteiger partial charge in [0.2, 0.25) is 0 Å². The lowest BCUT2D eigenvalue weighted by Crippen LogP contribution is -2.42. The van der Waals surface area contributed by atoms with Gasteiger partial charge in [0.15, 0.2) is 0 Å². The molecule has 6 aromatic carbocycles. The van der Waals surface area contributed by atoms with Gasteiger partial charge < -0.3 is 9.80 Å². The lowest BCUT2D eigenvalue weighted by molar-refractivity contribution is 0.206. The molecule has 0 heterocycles. The quantitative estimate of drug-likeness (QED) is 0.151. The summed E-state index contributed by atoms with van der Waals surface area (Å²) in [6.07, 6.45) is 28.2. The molecule has 0 aromatic heterocycles. The van der Waals surface area contributed by atoms with Crippen LogP contribution in [-0.2, 0) is 5.41 Å². The second-order valence-corrected chi connectivity index (χ2v) is 18.5. The molecule has 2 fully saturated rings. The summed E-state index contributed by atoms with van der Waals surface area (Å²) in [7, 11) is 0. The van der Waals surface area contributed by atoms with E-state index in [2.05, 4.69) is 222 Å². The van der Waals surface area contributed by atoms with Crippen LogP contribution in [0.1, 0.15) is 61.6 Å². The minimum atomic E-state index is -0.114. The van der Waals surface area contributed by atoms with Crippen LogP contribution in [0.15, 0.2) is 224 Å². The Hall–Kier alpha value is -6.64. The van der Waals surface area contributed by atoms with Crippen molar-refractivity contribution < 1.29 is 0 Å². The Morgan fingerprint density at radius 3 is 2.02 bits per heavy atom. The van der Waals surface area contributed by atoms with Crippen molar-refractivity contribution in [1.82, 2.24) is 0 Å². The van der Waals surface area contributed by atoms with E-state index >= 15 is 0 Å². The zero-order valence-corrected chi connectivity index (χ0v) is 35.9. The first-order valence-electron chi connectivity index (χ1n) is 23.5. The SMILES string of the molecule is C1=CC(N(C2=CC=CC3C2C2CCCCC2C32C3=C(CCC=C3)c3ccc(N(c4ccccc4)c4cccc(-c5ccccc5)c4)cc32)c2ccccc2)CC(c2ccccc2)=C1. The van der Waals surface area contributed by atoms with Gasteiger partial charge in [0.1, 0.15) is 0 Å². The first-order chi connectivity index (χ1) is 31.3. The van der Waals surface area contributed by atoms with Gasteiger partial charge in [0.05, 0.1) is 6.04 Å². The van der Waals surface area contributed by atoms with Crippen molar-refractivity contribution in [2.75, 3.05) is 9.80 Å². The Morgan fingerprint density at radius 2 is 1.22 bits per heavy atom. The molecule has 0 amide bonds. The van der Waals surface area contributed by atoms with Gasteiger partial charge in [0, 0.05) is 39.8 Å². The molecule has 2 heteroatoms. The normalized spacial score (nSPS) is 25.2. The Labute approximate surface area is 373 Å². The summed E-state index contributed by atoms with van der Waals surface area (Å²) >= 11 is 0. The number of anilines is 4. The van der Waals surface area contributed by atoms with E-state index in [0.29, 0.717) is 23.7 Å². The first kappa shape index (κ1) is 38.1. The maximum atomic E-state index is 2.76. The fourth-order valence-electron chi connectivity index (χ4n) is 13.1. The maximum Gasteiger partial charge on any atom is 0.0562 e. The average molecular weight is 815 g/mol. The van der Waals surface area contributed by atoms with Crippen LogP contribution in [0.4, 0.5) is 22.7 Å². The van der Waals surface area contributed by atoms with Crippen molar-refractivity contribution in [2.45, 2.75) is 56.4 Å². The number of hydrogen-bond acceptors (Lipinski definition) is 2. The molecule has 6 aliphatic carbocycles. The van der Waals surface area contributed by atoms with E-state index in [1.165, 1.54) is 82.0 Å². The molecule has 12 rings (SSSR count). The highest BCUT2D eigenvalue weighted by atomic mass is 15.2. The van der Waals surface area contributed by atoms with E-state index in [1.54, 1.807) is 16.7 Å². The van der Waals surface area contributed by atoms with Gasteiger partial charge in [-0.25, -0.2) is 0 Å².